The summed E-state index contributed by atoms with van der Waals surface area (Å²) >= 11 is 0. The van der Waals surface area contributed by atoms with E-state index in [-0.39, 0.29) is 0 Å². The van der Waals surface area contributed by atoms with Gasteiger partial charge < -0.3 is 9.73 Å². The lowest BCUT2D eigenvalue weighted by molar-refractivity contribution is 0.620. The second-order valence-corrected chi connectivity index (χ2v) is 7.83. The normalized spacial score (nSPS) is 11.1. The Morgan fingerprint density at radius 1 is 0.531 bits per heavy atom. The van der Waals surface area contributed by atoms with Gasteiger partial charge in [0.25, 0.3) is 0 Å². The van der Waals surface area contributed by atoms with Gasteiger partial charge in [-0.1, -0.05) is 60.7 Å². The van der Waals surface area contributed by atoms with Crippen LogP contribution in [0.5, 0.6) is 0 Å². The van der Waals surface area contributed by atoms with Crippen LogP contribution in [-0.4, -0.2) is 4.98 Å². The molecule has 6 aromatic rings. The van der Waals surface area contributed by atoms with E-state index in [4.69, 9.17) is 4.42 Å². The Labute approximate surface area is 186 Å². The molecule has 0 amide bonds. The molecule has 0 spiro atoms. The van der Waals surface area contributed by atoms with Gasteiger partial charge in [-0.3, -0.25) is 0 Å². The molecule has 1 N–H and O–H groups in total. The van der Waals surface area contributed by atoms with Crippen LogP contribution in [0.15, 0.2) is 120 Å². The third kappa shape index (κ3) is 3.50. The molecule has 0 aliphatic rings. The van der Waals surface area contributed by atoms with Crippen LogP contribution in [0.2, 0.25) is 0 Å². The largest absolute Gasteiger partial charge is 0.436 e. The second kappa shape index (κ2) is 7.71. The third-order valence-corrected chi connectivity index (χ3v) is 5.68. The number of nitrogens with one attached hydrogen (secondary N) is 1. The van der Waals surface area contributed by atoms with Crippen molar-refractivity contribution in [2.45, 2.75) is 0 Å². The number of oxazole rings is 1. The first-order chi connectivity index (χ1) is 15.8. The first kappa shape index (κ1) is 18.4. The molecule has 0 radical (unpaired) electrons. The summed E-state index contributed by atoms with van der Waals surface area (Å²) in [5.74, 6) is 0.637. The Balaban J connectivity index is 1.20. The van der Waals surface area contributed by atoms with Crippen molar-refractivity contribution in [2.75, 3.05) is 5.32 Å². The lowest BCUT2D eigenvalue weighted by Gasteiger charge is -2.09. The van der Waals surface area contributed by atoms with Gasteiger partial charge in [0.05, 0.1) is 0 Å². The molecule has 3 heteroatoms. The van der Waals surface area contributed by atoms with E-state index in [9.17, 15) is 0 Å². The van der Waals surface area contributed by atoms with Crippen LogP contribution in [0.25, 0.3) is 44.5 Å². The maximum absolute atomic E-state index is 5.86. The highest BCUT2D eigenvalue weighted by molar-refractivity contribution is 5.87. The maximum Gasteiger partial charge on any atom is 0.227 e. The molecular weight excluding hydrogens is 392 g/mol. The Morgan fingerprint density at radius 2 is 1.16 bits per heavy atom. The summed E-state index contributed by atoms with van der Waals surface area (Å²) in [5.41, 5.74) is 7.11. The van der Waals surface area contributed by atoms with Crippen LogP contribution < -0.4 is 5.32 Å². The van der Waals surface area contributed by atoms with Gasteiger partial charge >= 0.3 is 0 Å². The van der Waals surface area contributed by atoms with Gasteiger partial charge in [-0.25, -0.2) is 4.98 Å². The zero-order valence-electron chi connectivity index (χ0n) is 17.3. The van der Waals surface area contributed by atoms with Gasteiger partial charge in [0, 0.05) is 16.9 Å². The smallest absolute Gasteiger partial charge is 0.227 e. The fraction of sp³-hybridized carbons (Fsp3) is 0. The highest BCUT2D eigenvalue weighted by atomic mass is 16.3. The molecule has 6 rings (SSSR count). The van der Waals surface area contributed by atoms with Crippen molar-refractivity contribution in [2.24, 2.45) is 0 Å². The number of nitrogens with zero attached hydrogens (tertiary/aromatic N) is 1. The zero-order valence-corrected chi connectivity index (χ0v) is 17.3. The summed E-state index contributed by atoms with van der Waals surface area (Å²) in [5, 5.41) is 5.98. The Hall–Kier alpha value is -4.37. The molecule has 3 nitrogen and oxygen atoms in total. The number of fused-ring (bicyclic) bond motifs is 2. The number of anilines is 2. The SMILES string of the molecule is c1ccc2cc(-c3ccc(Nc4ccc(-c5nc6ccccc6o5)cc4)cc3)ccc2c1. The van der Waals surface area contributed by atoms with Crippen molar-refractivity contribution in [3.8, 4) is 22.6 Å². The van der Waals surface area contributed by atoms with Crippen LogP contribution >= 0.6 is 0 Å². The van der Waals surface area contributed by atoms with E-state index in [2.05, 4.69) is 77.0 Å². The summed E-state index contributed by atoms with van der Waals surface area (Å²) in [6, 6.07) is 39.5. The highest BCUT2D eigenvalue weighted by Gasteiger charge is 2.08. The van der Waals surface area contributed by atoms with Gasteiger partial charge in [-0.05, 0) is 76.5 Å². The second-order valence-electron chi connectivity index (χ2n) is 7.83. The summed E-state index contributed by atoms with van der Waals surface area (Å²) in [7, 11) is 0. The van der Waals surface area contributed by atoms with Crippen LogP contribution in [-0.2, 0) is 0 Å². The third-order valence-electron chi connectivity index (χ3n) is 5.68. The summed E-state index contributed by atoms with van der Waals surface area (Å²) in [4.78, 5) is 4.57. The van der Waals surface area contributed by atoms with E-state index in [1.807, 2.05) is 48.5 Å². The van der Waals surface area contributed by atoms with E-state index in [0.29, 0.717) is 5.89 Å². The Bertz CT molecular complexity index is 1500. The first-order valence-electron chi connectivity index (χ1n) is 10.6. The molecule has 5 aromatic carbocycles. The number of rotatable bonds is 4. The topological polar surface area (TPSA) is 38.1 Å². The Kier molecular flexibility index (Phi) is 4.43. The molecule has 152 valence electrons. The van der Waals surface area contributed by atoms with Crippen LogP contribution in [0.4, 0.5) is 11.4 Å². The molecule has 0 fully saturated rings. The van der Waals surface area contributed by atoms with Gasteiger partial charge in [-0.15, -0.1) is 0 Å². The minimum atomic E-state index is 0.637. The first-order valence-corrected chi connectivity index (χ1v) is 10.6. The average Bonchev–Trinajstić information content (AvgIpc) is 3.29. The molecule has 0 atom stereocenters. The van der Waals surface area contributed by atoms with Gasteiger partial charge in [0.15, 0.2) is 5.58 Å². The number of para-hydroxylation sites is 2. The highest BCUT2D eigenvalue weighted by Crippen LogP contribution is 2.28. The molecule has 0 aliphatic carbocycles. The van der Waals surface area contributed by atoms with Crippen LogP contribution in [0, 0.1) is 0 Å². The molecule has 0 bridgehead atoms. The summed E-state index contributed by atoms with van der Waals surface area (Å²) < 4.78 is 5.86. The van der Waals surface area contributed by atoms with Crippen molar-refractivity contribution < 1.29 is 4.42 Å². The fourth-order valence-corrected chi connectivity index (χ4v) is 3.97. The van der Waals surface area contributed by atoms with Crippen molar-refractivity contribution in [1.29, 1.82) is 0 Å². The Morgan fingerprint density at radius 3 is 1.91 bits per heavy atom. The number of benzene rings is 5. The zero-order chi connectivity index (χ0) is 21.3. The molecule has 32 heavy (non-hydrogen) atoms. The van der Waals surface area contributed by atoms with E-state index >= 15 is 0 Å². The predicted octanol–water partition coefficient (Wildman–Crippen LogP) is 8.06. The molecule has 0 saturated carbocycles. The quantitative estimate of drug-likeness (QED) is 0.318. The lowest BCUT2D eigenvalue weighted by Crippen LogP contribution is -1.90. The lowest BCUT2D eigenvalue weighted by atomic mass is 10.0. The van der Waals surface area contributed by atoms with E-state index in [1.165, 1.54) is 21.9 Å². The van der Waals surface area contributed by atoms with Crippen molar-refractivity contribution in [1.82, 2.24) is 4.98 Å². The molecular formula is C29H20N2O. The standard InChI is InChI=1S/C29H20N2O/c1-2-6-23-19-24(10-9-20(23)5-1)21-11-15-25(16-12-21)30-26-17-13-22(14-18-26)29-31-27-7-3-4-8-28(27)32-29/h1-19,30H. The van der Waals surface area contributed by atoms with E-state index < -0.39 is 0 Å². The van der Waals surface area contributed by atoms with Gasteiger partial charge in [0.1, 0.15) is 5.52 Å². The minimum Gasteiger partial charge on any atom is -0.436 e. The number of hydrogen-bond acceptors (Lipinski definition) is 3. The predicted molar refractivity (Wildman–Crippen MR) is 132 cm³/mol. The maximum atomic E-state index is 5.86. The van der Waals surface area contributed by atoms with E-state index in [0.717, 1.165) is 28.0 Å². The van der Waals surface area contributed by atoms with Crippen molar-refractivity contribution in [3.63, 3.8) is 0 Å². The van der Waals surface area contributed by atoms with Gasteiger partial charge in [0.2, 0.25) is 5.89 Å². The van der Waals surface area contributed by atoms with Crippen LogP contribution in [0.1, 0.15) is 0 Å². The molecule has 1 aromatic heterocycles. The van der Waals surface area contributed by atoms with Crippen molar-refractivity contribution >= 4 is 33.2 Å². The monoisotopic (exact) mass is 412 g/mol. The molecule has 0 unspecified atom stereocenters. The van der Waals surface area contributed by atoms with E-state index in [1.54, 1.807) is 0 Å². The molecule has 0 saturated heterocycles. The summed E-state index contributed by atoms with van der Waals surface area (Å²) in [6.45, 7) is 0. The van der Waals surface area contributed by atoms with Crippen LogP contribution in [0.3, 0.4) is 0 Å². The molecule has 1 heterocycles. The summed E-state index contributed by atoms with van der Waals surface area (Å²) in [6.07, 6.45) is 0. The van der Waals surface area contributed by atoms with Gasteiger partial charge in [-0.2, -0.15) is 0 Å². The minimum absolute atomic E-state index is 0.637. The number of hydrogen-bond donors (Lipinski definition) is 1. The fourth-order valence-electron chi connectivity index (χ4n) is 3.97. The average molecular weight is 412 g/mol. The van der Waals surface area contributed by atoms with Crippen molar-refractivity contribution in [3.05, 3.63) is 115 Å². The molecule has 0 aliphatic heterocycles. The number of aromatic nitrogens is 1.